The van der Waals surface area contributed by atoms with E-state index in [9.17, 15) is 9.59 Å². The molecule has 110 valence electrons. The van der Waals surface area contributed by atoms with E-state index in [-0.39, 0.29) is 15.3 Å². The van der Waals surface area contributed by atoms with Crippen LogP contribution in [0.2, 0.25) is 10.0 Å². The molecule has 2 rings (SSSR count). The minimum Gasteiger partial charge on any atom is -0.265 e. The number of halogens is 4. The van der Waals surface area contributed by atoms with Crippen molar-refractivity contribution in [2.45, 2.75) is 0 Å². The predicted octanol–water partition coefficient (Wildman–Crippen LogP) is 4.07. The van der Waals surface area contributed by atoms with Crippen LogP contribution < -0.4 is 4.90 Å². The Labute approximate surface area is 140 Å². The van der Waals surface area contributed by atoms with Crippen LogP contribution in [0.1, 0.15) is 0 Å². The number of imide groups is 1. The van der Waals surface area contributed by atoms with Gasteiger partial charge in [0.15, 0.2) is 0 Å². The van der Waals surface area contributed by atoms with Crippen LogP contribution in [0.4, 0.5) is 10.5 Å². The molecule has 1 aromatic rings. The molecule has 3 amide bonds. The van der Waals surface area contributed by atoms with Gasteiger partial charge in [-0.15, -0.1) is 0 Å². The topological polar surface area (TPSA) is 53.0 Å². The van der Waals surface area contributed by atoms with Gasteiger partial charge >= 0.3 is 6.03 Å². The molecule has 1 saturated heterocycles. The van der Waals surface area contributed by atoms with Crippen LogP contribution in [0.15, 0.2) is 33.9 Å². The number of aliphatic imine (C=N–C) groups is 1. The number of hydrogen-bond acceptors (Lipinski definition) is 3. The van der Waals surface area contributed by atoms with Gasteiger partial charge in [-0.3, -0.25) is 9.69 Å². The average Bonchev–Trinajstić information content (AvgIpc) is 2.64. The van der Waals surface area contributed by atoms with Crippen molar-refractivity contribution in [3.05, 3.63) is 38.9 Å². The van der Waals surface area contributed by atoms with Gasteiger partial charge in [0, 0.05) is 7.05 Å². The smallest absolute Gasteiger partial charge is 0.265 e. The molecule has 1 aromatic carbocycles. The number of carbonyl (C=O) groups is 2. The zero-order valence-electron chi connectivity index (χ0n) is 10.5. The quantitative estimate of drug-likeness (QED) is 0.741. The first kappa shape index (κ1) is 16.1. The Morgan fingerprint density at radius 1 is 1.19 bits per heavy atom. The van der Waals surface area contributed by atoms with E-state index >= 15 is 0 Å². The van der Waals surface area contributed by atoms with E-state index in [4.69, 9.17) is 46.4 Å². The summed E-state index contributed by atoms with van der Waals surface area (Å²) in [5, 5.41) is 0.572. The highest BCUT2D eigenvalue weighted by atomic mass is 35.5. The van der Waals surface area contributed by atoms with E-state index in [0.717, 1.165) is 16.0 Å². The molecule has 1 aliphatic rings. The number of amidine groups is 1. The molecule has 0 spiro atoms. The molecule has 0 bridgehead atoms. The number of urea groups is 1. The van der Waals surface area contributed by atoms with Crippen molar-refractivity contribution in [3.63, 3.8) is 0 Å². The maximum absolute atomic E-state index is 12.2. The van der Waals surface area contributed by atoms with Crippen molar-refractivity contribution in [2.75, 3.05) is 11.9 Å². The van der Waals surface area contributed by atoms with E-state index in [1.165, 1.54) is 19.2 Å². The number of nitrogens with zero attached hydrogens (tertiary/aromatic N) is 3. The number of carbonyl (C=O) groups excluding carboxylic acids is 2. The average molecular weight is 367 g/mol. The number of amides is 3. The number of rotatable bonds is 2. The van der Waals surface area contributed by atoms with E-state index in [1.807, 2.05) is 0 Å². The van der Waals surface area contributed by atoms with Crippen molar-refractivity contribution in [1.29, 1.82) is 0 Å². The molecule has 0 saturated carbocycles. The highest BCUT2D eigenvalue weighted by molar-refractivity contribution is 6.57. The summed E-state index contributed by atoms with van der Waals surface area (Å²) >= 11 is 22.7. The molecule has 1 fully saturated rings. The van der Waals surface area contributed by atoms with E-state index < -0.39 is 11.9 Å². The van der Waals surface area contributed by atoms with Crippen LogP contribution >= 0.6 is 46.4 Å². The van der Waals surface area contributed by atoms with E-state index in [0.29, 0.717) is 10.7 Å². The molecular weight excluding hydrogens is 360 g/mol. The number of likely N-dealkylation sites (N-methyl/N-ethyl adjacent to an activating group) is 1. The number of anilines is 1. The Morgan fingerprint density at radius 2 is 1.86 bits per heavy atom. The third kappa shape index (κ3) is 3.16. The molecule has 0 N–H and O–H groups in total. The minimum atomic E-state index is -0.586. The minimum absolute atomic E-state index is 0.139. The lowest BCUT2D eigenvalue weighted by Gasteiger charge is -2.15. The van der Waals surface area contributed by atoms with Gasteiger partial charge in [-0.25, -0.2) is 14.7 Å². The lowest BCUT2D eigenvalue weighted by Crippen LogP contribution is -2.31. The zero-order chi connectivity index (χ0) is 15.7. The first-order chi connectivity index (χ1) is 9.82. The van der Waals surface area contributed by atoms with Crippen molar-refractivity contribution in [3.8, 4) is 0 Å². The van der Waals surface area contributed by atoms with Crippen molar-refractivity contribution in [2.24, 2.45) is 4.99 Å². The lowest BCUT2D eigenvalue weighted by molar-refractivity contribution is -0.119. The Kier molecular flexibility index (Phi) is 4.78. The molecule has 0 aliphatic carbocycles. The van der Waals surface area contributed by atoms with Gasteiger partial charge in [0.1, 0.15) is 4.49 Å². The largest absolute Gasteiger partial charge is 0.337 e. The van der Waals surface area contributed by atoms with Gasteiger partial charge in [0.25, 0.3) is 5.91 Å². The molecular formula is C12H7Cl4N3O2. The van der Waals surface area contributed by atoms with E-state index in [1.54, 1.807) is 6.07 Å². The monoisotopic (exact) mass is 365 g/mol. The van der Waals surface area contributed by atoms with Crippen LogP contribution in [0, 0.1) is 0 Å². The molecule has 0 aromatic heterocycles. The maximum atomic E-state index is 12.2. The summed E-state index contributed by atoms with van der Waals surface area (Å²) in [7, 11) is 1.34. The van der Waals surface area contributed by atoms with Gasteiger partial charge < -0.3 is 0 Å². The number of hydrogen-bond donors (Lipinski definition) is 0. The molecule has 9 heteroatoms. The summed E-state index contributed by atoms with van der Waals surface area (Å²) in [5.74, 6) is -0.725. The Hall–Kier alpha value is -1.27. The van der Waals surface area contributed by atoms with Crippen LogP contribution in [-0.2, 0) is 4.79 Å². The van der Waals surface area contributed by atoms with Crippen LogP contribution in [0.3, 0.4) is 0 Å². The third-order valence-electron chi connectivity index (χ3n) is 2.63. The van der Waals surface area contributed by atoms with Gasteiger partial charge in [-0.05, 0) is 18.2 Å². The third-order valence-corrected chi connectivity index (χ3v) is 3.57. The molecule has 21 heavy (non-hydrogen) atoms. The van der Waals surface area contributed by atoms with Gasteiger partial charge in [-0.1, -0.05) is 46.4 Å². The zero-order valence-corrected chi connectivity index (χ0v) is 13.5. The van der Waals surface area contributed by atoms with Gasteiger partial charge in [0.05, 0.1) is 21.9 Å². The predicted molar refractivity (Wildman–Crippen MR) is 84.3 cm³/mol. The summed E-state index contributed by atoms with van der Waals surface area (Å²) < 4.78 is -0.147. The first-order valence-electron chi connectivity index (χ1n) is 5.49. The summed E-state index contributed by atoms with van der Waals surface area (Å²) in [6.45, 7) is 0. The first-order valence-corrected chi connectivity index (χ1v) is 7.00. The fraction of sp³-hybridized carbons (Fsp3) is 0.0833. The fourth-order valence-corrected chi connectivity index (χ4v) is 2.04. The molecule has 1 heterocycles. The van der Waals surface area contributed by atoms with Crippen molar-refractivity contribution in [1.82, 2.24) is 4.90 Å². The standard InChI is InChI=1S/C12H7Cl4N3O2/c1-18-11(20)10(17-5-9(15)16)19(12(18)21)6-2-3-7(13)8(14)4-6/h2-5H,1H3. The Balaban J connectivity index is 2.54. The highest BCUT2D eigenvalue weighted by Crippen LogP contribution is 2.30. The SMILES string of the molecule is CN1C(=O)C(=NC=C(Cl)Cl)N(c2ccc(Cl)c(Cl)c2)C1=O. The van der Waals surface area contributed by atoms with Gasteiger partial charge in [0.2, 0.25) is 5.84 Å². The fourth-order valence-electron chi connectivity index (χ4n) is 1.65. The van der Waals surface area contributed by atoms with Crippen LogP contribution in [0.5, 0.6) is 0 Å². The van der Waals surface area contributed by atoms with E-state index in [2.05, 4.69) is 4.99 Å². The normalized spacial score (nSPS) is 16.9. The van der Waals surface area contributed by atoms with Gasteiger partial charge in [-0.2, -0.15) is 0 Å². The Bertz CT molecular complexity index is 683. The summed E-state index contributed by atoms with van der Waals surface area (Å²) in [5.41, 5.74) is 0.352. The Morgan fingerprint density at radius 3 is 2.43 bits per heavy atom. The number of benzene rings is 1. The molecule has 0 unspecified atom stereocenters. The summed E-state index contributed by atoms with van der Waals surface area (Å²) in [4.78, 5) is 30.0. The highest BCUT2D eigenvalue weighted by Gasteiger charge is 2.41. The second-order valence-electron chi connectivity index (χ2n) is 3.95. The maximum Gasteiger partial charge on any atom is 0.337 e. The van der Waals surface area contributed by atoms with Crippen molar-refractivity contribution < 1.29 is 9.59 Å². The van der Waals surface area contributed by atoms with Crippen molar-refractivity contribution >= 4 is 69.9 Å². The summed E-state index contributed by atoms with van der Waals surface area (Å²) in [6, 6.07) is 3.93. The second-order valence-corrected chi connectivity index (χ2v) is 5.77. The van der Waals surface area contributed by atoms with Crippen LogP contribution in [-0.4, -0.2) is 29.7 Å². The lowest BCUT2D eigenvalue weighted by atomic mass is 10.3. The second kappa shape index (κ2) is 6.23. The molecule has 0 radical (unpaired) electrons. The molecule has 1 aliphatic heterocycles. The molecule has 0 atom stereocenters. The van der Waals surface area contributed by atoms with Crippen LogP contribution in [0.25, 0.3) is 0 Å². The molecule has 5 nitrogen and oxygen atoms in total. The summed E-state index contributed by atoms with van der Waals surface area (Å²) in [6.07, 6.45) is 1.06.